The Labute approximate surface area is 146 Å². The van der Waals surface area contributed by atoms with Gasteiger partial charge in [0.1, 0.15) is 5.69 Å². The smallest absolute Gasteiger partial charge is 0.404 e. The normalized spacial score (nSPS) is 12.8. The van der Waals surface area contributed by atoms with Crippen LogP contribution in [0.3, 0.4) is 0 Å². The largest absolute Gasteiger partial charge is 0.432 e. The number of aromatic amines is 1. The number of allylic oxidation sites excluding steroid dienone is 2. The van der Waals surface area contributed by atoms with Crippen LogP contribution in [-0.2, 0) is 6.18 Å². The fraction of sp³-hybridized carbons (Fsp3) is 0.0556. The molecule has 0 unspecified atom stereocenters. The second-order valence-corrected chi connectivity index (χ2v) is 5.46. The van der Waals surface area contributed by atoms with E-state index in [1.54, 1.807) is 24.5 Å². The third kappa shape index (κ3) is 3.49. The van der Waals surface area contributed by atoms with Crippen molar-refractivity contribution in [2.45, 2.75) is 6.18 Å². The average molecular weight is 358 g/mol. The number of rotatable bonds is 4. The Morgan fingerprint density at radius 3 is 2.62 bits per heavy atom. The van der Waals surface area contributed by atoms with Crippen LogP contribution < -0.4 is 11.1 Å². The number of benzene rings is 1. The van der Waals surface area contributed by atoms with Crippen molar-refractivity contribution in [3.05, 3.63) is 77.8 Å². The lowest BCUT2D eigenvalue weighted by molar-refractivity contribution is -0.140. The molecule has 0 saturated heterocycles. The van der Waals surface area contributed by atoms with Crippen molar-refractivity contribution in [1.29, 1.82) is 0 Å². The molecular formula is C18H15F3N5+. The number of nitrogens with zero attached hydrogens (tertiary/aromatic N) is 2. The number of hydrogen-bond donors (Lipinski definition) is 3. The third-order valence-electron chi connectivity index (χ3n) is 3.77. The highest BCUT2D eigenvalue weighted by Gasteiger charge is 2.34. The summed E-state index contributed by atoms with van der Waals surface area (Å²) in [6.45, 7) is 0. The zero-order valence-electron chi connectivity index (χ0n) is 13.5. The van der Waals surface area contributed by atoms with E-state index in [1.807, 2.05) is 24.3 Å². The highest BCUT2D eigenvalue weighted by Crippen LogP contribution is 2.27. The zero-order chi connectivity index (χ0) is 18.7. The van der Waals surface area contributed by atoms with Crippen LogP contribution in [0.25, 0.3) is 16.8 Å². The van der Waals surface area contributed by atoms with Gasteiger partial charge in [-0.25, -0.2) is 4.98 Å². The van der Waals surface area contributed by atoms with Gasteiger partial charge in [0.05, 0.1) is 11.8 Å². The van der Waals surface area contributed by atoms with Crippen LogP contribution in [0.4, 0.5) is 13.2 Å². The molecule has 0 aliphatic heterocycles. The fourth-order valence-corrected chi connectivity index (χ4v) is 2.43. The van der Waals surface area contributed by atoms with Gasteiger partial charge in [-0.15, -0.1) is 0 Å². The second-order valence-electron chi connectivity index (χ2n) is 5.46. The van der Waals surface area contributed by atoms with E-state index in [-0.39, 0.29) is 11.5 Å². The fourth-order valence-electron chi connectivity index (χ4n) is 2.43. The number of aromatic nitrogens is 3. The summed E-state index contributed by atoms with van der Waals surface area (Å²) < 4.78 is 38.1. The number of alkyl halides is 3. The highest BCUT2D eigenvalue weighted by atomic mass is 19.4. The number of hydrogen-bond acceptors (Lipinski definition) is 3. The number of pyridine rings is 1. The minimum absolute atomic E-state index is 0.00689. The van der Waals surface area contributed by atoms with E-state index in [0.29, 0.717) is 11.8 Å². The van der Waals surface area contributed by atoms with Crippen LogP contribution in [0, 0.1) is 0 Å². The quantitative estimate of drug-likeness (QED) is 0.492. The minimum Gasteiger partial charge on any atom is -0.404 e. The molecule has 2 aromatic heterocycles. The summed E-state index contributed by atoms with van der Waals surface area (Å²) in [5, 5.41) is 7.87. The first-order valence-corrected chi connectivity index (χ1v) is 7.58. The number of nitrogens with two attached hydrogens (primary N) is 2. The molecule has 5 nitrogen and oxygen atoms in total. The molecule has 0 atom stereocenters. The first-order chi connectivity index (χ1) is 12.4. The molecule has 26 heavy (non-hydrogen) atoms. The van der Waals surface area contributed by atoms with E-state index < -0.39 is 11.9 Å². The molecule has 0 radical (unpaired) electrons. The van der Waals surface area contributed by atoms with E-state index >= 15 is 0 Å². The maximum atomic E-state index is 12.7. The van der Waals surface area contributed by atoms with E-state index in [0.717, 1.165) is 16.3 Å². The van der Waals surface area contributed by atoms with Gasteiger partial charge in [0.25, 0.3) is 0 Å². The molecule has 5 N–H and O–H groups in total. The lowest BCUT2D eigenvalue weighted by Crippen LogP contribution is -2.42. The molecule has 0 bridgehead atoms. The first-order valence-electron chi connectivity index (χ1n) is 7.58. The van der Waals surface area contributed by atoms with Crippen LogP contribution in [-0.4, -0.2) is 20.7 Å². The Kier molecular flexibility index (Phi) is 4.57. The van der Waals surface area contributed by atoms with E-state index in [1.165, 1.54) is 6.20 Å². The van der Waals surface area contributed by atoms with Gasteiger partial charge < -0.3 is 10.7 Å². The van der Waals surface area contributed by atoms with Crippen molar-refractivity contribution in [3.8, 4) is 0 Å². The molecule has 2 heterocycles. The summed E-state index contributed by atoms with van der Waals surface area (Å²) in [5.74, 6) is -0.102. The lowest BCUT2D eigenvalue weighted by Gasteiger charge is -2.02. The third-order valence-corrected chi connectivity index (χ3v) is 3.77. The topological polar surface area (TPSA) is 93.2 Å². The van der Waals surface area contributed by atoms with Crippen LogP contribution in [0.1, 0.15) is 17.1 Å². The molecule has 0 aliphatic carbocycles. The predicted octanol–water partition coefficient (Wildman–Crippen LogP) is 2.08. The summed E-state index contributed by atoms with van der Waals surface area (Å²) in [6, 6.07) is 7.68. The average Bonchev–Trinajstić information content (AvgIpc) is 3.12. The maximum Gasteiger partial charge on any atom is 0.432 e. The Morgan fingerprint density at radius 2 is 1.92 bits per heavy atom. The van der Waals surface area contributed by atoms with Crippen molar-refractivity contribution in [2.75, 3.05) is 0 Å². The van der Waals surface area contributed by atoms with Gasteiger partial charge in [0.2, 0.25) is 11.5 Å². The molecule has 3 rings (SSSR count). The van der Waals surface area contributed by atoms with Crippen molar-refractivity contribution >= 4 is 22.6 Å². The van der Waals surface area contributed by atoms with E-state index in [2.05, 4.69) is 15.0 Å². The van der Waals surface area contributed by atoms with Gasteiger partial charge in [-0.2, -0.15) is 13.2 Å². The molecule has 0 amide bonds. The number of imidazole rings is 1. The van der Waals surface area contributed by atoms with Gasteiger partial charge in [0, 0.05) is 29.5 Å². The van der Waals surface area contributed by atoms with Gasteiger partial charge >= 0.3 is 6.18 Å². The second kappa shape index (κ2) is 6.83. The number of fused-ring (bicyclic) bond motifs is 1. The summed E-state index contributed by atoms with van der Waals surface area (Å²) in [4.78, 5) is 10.00. The SMILES string of the molecule is N/C=C(/C=C/c1cncc2ccccc12)C(=[NH2+])c1ncc(C(F)(F)F)[nH]1. The van der Waals surface area contributed by atoms with Crippen molar-refractivity contribution in [1.82, 2.24) is 15.0 Å². The van der Waals surface area contributed by atoms with Gasteiger partial charge in [-0.1, -0.05) is 30.3 Å². The Bertz CT molecular complexity index is 1010. The predicted molar refractivity (Wildman–Crippen MR) is 92.7 cm³/mol. The molecule has 132 valence electrons. The number of H-pyrrole nitrogens is 1. The molecule has 0 saturated carbocycles. The summed E-state index contributed by atoms with van der Waals surface area (Å²) in [5.41, 5.74) is 5.77. The Morgan fingerprint density at radius 1 is 1.15 bits per heavy atom. The van der Waals surface area contributed by atoms with Crippen molar-refractivity contribution < 1.29 is 18.6 Å². The highest BCUT2D eigenvalue weighted by molar-refractivity contribution is 6.08. The molecule has 0 fully saturated rings. The molecule has 3 aromatic rings. The lowest BCUT2D eigenvalue weighted by atomic mass is 10.1. The van der Waals surface area contributed by atoms with Crippen LogP contribution in [0.5, 0.6) is 0 Å². The summed E-state index contributed by atoms with van der Waals surface area (Å²) in [6.07, 6.45) is 4.15. The van der Waals surface area contributed by atoms with Crippen molar-refractivity contribution in [2.24, 2.45) is 5.73 Å². The molecular weight excluding hydrogens is 343 g/mol. The van der Waals surface area contributed by atoms with E-state index in [9.17, 15) is 13.2 Å². The number of halogens is 3. The van der Waals surface area contributed by atoms with Crippen LogP contribution in [0.2, 0.25) is 0 Å². The van der Waals surface area contributed by atoms with Crippen molar-refractivity contribution in [3.63, 3.8) is 0 Å². The zero-order valence-corrected chi connectivity index (χ0v) is 13.5. The van der Waals surface area contributed by atoms with Crippen LogP contribution >= 0.6 is 0 Å². The molecule has 0 aliphatic rings. The Balaban J connectivity index is 1.88. The summed E-state index contributed by atoms with van der Waals surface area (Å²) >= 11 is 0. The molecule has 1 aromatic carbocycles. The number of nitrogens with one attached hydrogen (secondary N) is 1. The van der Waals surface area contributed by atoms with Gasteiger partial charge in [-0.05, 0) is 11.5 Å². The maximum absolute atomic E-state index is 12.7. The monoisotopic (exact) mass is 358 g/mol. The van der Waals surface area contributed by atoms with Crippen LogP contribution in [0.15, 0.2) is 60.7 Å². The van der Waals surface area contributed by atoms with Gasteiger partial charge in [0.15, 0.2) is 0 Å². The standard InChI is InChI=1S/C18H14F3N5/c19-18(20,21)15-10-25-17(26-15)16(23)11(7-22)5-6-13-9-24-8-12-3-1-2-4-14(12)13/h1-10,23H,22H2,(H,25,26)/p+1/b6-5+,11-7-,23-16?. The Hall–Kier alpha value is -3.42. The molecule has 0 spiro atoms. The summed E-state index contributed by atoms with van der Waals surface area (Å²) in [7, 11) is 0. The van der Waals surface area contributed by atoms with E-state index in [4.69, 9.17) is 11.1 Å². The van der Waals surface area contributed by atoms with Gasteiger partial charge in [-0.3, -0.25) is 10.4 Å². The first kappa shape index (κ1) is 17.4. The minimum atomic E-state index is -4.53. The molecule has 8 heteroatoms.